The summed E-state index contributed by atoms with van der Waals surface area (Å²) in [5, 5.41) is 12.4. The van der Waals surface area contributed by atoms with E-state index in [-0.39, 0.29) is 17.9 Å². The number of hydrogen-bond donors (Lipinski definition) is 2. The molecule has 2 N–H and O–H groups in total. The Labute approximate surface area is 125 Å². The Kier molecular flexibility index (Phi) is 8.41. The molecule has 0 saturated carbocycles. The van der Waals surface area contributed by atoms with E-state index in [1.807, 2.05) is 20.8 Å². The maximum absolute atomic E-state index is 11.7. The van der Waals surface area contributed by atoms with Crippen molar-refractivity contribution in [3.8, 4) is 0 Å². The van der Waals surface area contributed by atoms with E-state index in [1.165, 1.54) is 0 Å². The van der Waals surface area contributed by atoms with Crippen LogP contribution in [0.2, 0.25) is 0 Å². The first-order valence-electron chi connectivity index (χ1n) is 7.95. The normalized spacial score (nSPS) is 14.2. The molecule has 3 heteroatoms. The first-order valence-corrected chi connectivity index (χ1v) is 7.95. The summed E-state index contributed by atoms with van der Waals surface area (Å²) in [5.74, 6) is 0.525. The van der Waals surface area contributed by atoms with Gasteiger partial charge in [-0.15, -0.1) is 0 Å². The third-order valence-electron chi connectivity index (χ3n) is 3.57. The lowest BCUT2D eigenvalue weighted by atomic mass is 9.85. The molecule has 0 saturated heterocycles. The Morgan fingerprint density at radius 1 is 1.05 bits per heavy atom. The maximum Gasteiger partial charge on any atom is 0.225 e. The number of carbonyl (C=O) groups is 1. The van der Waals surface area contributed by atoms with Gasteiger partial charge in [0.25, 0.3) is 0 Å². The number of aliphatic hydroxyl groups is 1. The van der Waals surface area contributed by atoms with Gasteiger partial charge < -0.3 is 10.4 Å². The summed E-state index contributed by atoms with van der Waals surface area (Å²) >= 11 is 0. The highest BCUT2D eigenvalue weighted by atomic mass is 16.3. The Bertz CT molecular complexity index is 274. The minimum atomic E-state index is -0.305. The van der Waals surface area contributed by atoms with Gasteiger partial charge in [-0.2, -0.15) is 0 Å². The summed E-state index contributed by atoms with van der Waals surface area (Å²) in [6, 6.07) is 0. The highest BCUT2D eigenvalue weighted by molar-refractivity contribution is 5.81. The van der Waals surface area contributed by atoms with Gasteiger partial charge in [0.15, 0.2) is 0 Å². The van der Waals surface area contributed by atoms with Crippen molar-refractivity contribution >= 4 is 5.91 Å². The molecule has 0 fully saturated rings. The fraction of sp³-hybridized carbons (Fsp3) is 0.941. The second-order valence-corrected chi connectivity index (χ2v) is 8.15. The minimum absolute atomic E-state index is 0.115. The second-order valence-electron chi connectivity index (χ2n) is 8.15. The number of carbonyl (C=O) groups excluding carboxylic acids is 1. The van der Waals surface area contributed by atoms with Crippen LogP contribution in [-0.4, -0.2) is 24.2 Å². The molecule has 120 valence electrons. The van der Waals surface area contributed by atoms with E-state index in [0.29, 0.717) is 11.3 Å². The van der Waals surface area contributed by atoms with Crippen molar-refractivity contribution in [2.75, 3.05) is 13.2 Å². The molecule has 0 heterocycles. The Hall–Kier alpha value is -0.570. The SMILES string of the molecule is CC(C)(C)CCC(CO)CCCCNC(=O)C(C)(C)C. The highest BCUT2D eigenvalue weighted by Crippen LogP contribution is 2.25. The summed E-state index contributed by atoms with van der Waals surface area (Å²) < 4.78 is 0. The number of rotatable bonds is 8. The molecule has 1 amide bonds. The summed E-state index contributed by atoms with van der Waals surface area (Å²) in [6.45, 7) is 13.5. The van der Waals surface area contributed by atoms with Gasteiger partial charge in [-0.05, 0) is 37.0 Å². The lowest BCUT2D eigenvalue weighted by Gasteiger charge is -2.22. The standard InChI is InChI=1S/C17H35NO2/c1-16(2,3)11-10-14(13-19)9-7-8-12-18-15(20)17(4,5)6/h14,19H,7-13H2,1-6H3,(H,18,20). The molecule has 0 aliphatic carbocycles. The van der Waals surface area contributed by atoms with E-state index in [0.717, 1.165) is 38.6 Å². The zero-order chi connectivity index (χ0) is 15.8. The van der Waals surface area contributed by atoms with Crippen LogP contribution in [0.3, 0.4) is 0 Å². The van der Waals surface area contributed by atoms with Gasteiger partial charge in [-0.3, -0.25) is 4.79 Å². The van der Waals surface area contributed by atoms with E-state index in [1.54, 1.807) is 0 Å². The minimum Gasteiger partial charge on any atom is -0.396 e. The zero-order valence-electron chi connectivity index (χ0n) is 14.4. The van der Waals surface area contributed by atoms with Crippen LogP contribution in [0.25, 0.3) is 0 Å². The molecule has 0 spiro atoms. The predicted octanol–water partition coefficient (Wildman–Crippen LogP) is 3.75. The van der Waals surface area contributed by atoms with Gasteiger partial charge in [-0.25, -0.2) is 0 Å². The van der Waals surface area contributed by atoms with Gasteiger partial charge in [0.1, 0.15) is 0 Å². The quantitative estimate of drug-likeness (QED) is 0.667. The monoisotopic (exact) mass is 285 g/mol. The van der Waals surface area contributed by atoms with Crippen LogP contribution in [0, 0.1) is 16.7 Å². The summed E-state index contributed by atoms with van der Waals surface area (Å²) in [6.07, 6.45) is 5.36. The van der Waals surface area contributed by atoms with E-state index in [4.69, 9.17) is 0 Å². The molecule has 1 atom stereocenters. The van der Waals surface area contributed by atoms with E-state index >= 15 is 0 Å². The van der Waals surface area contributed by atoms with Crippen LogP contribution in [0.15, 0.2) is 0 Å². The third kappa shape index (κ3) is 10.2. The summed E-state index contributed by atoms with van der Waals surface area (Å²) in [4.78, 5) is 11.7. The van der Waals surface area contributed by atoms with Crippen molar-refractivity contribution in [1.29, 1.82) is 0 Å². The summed E-state index contributed by atoms with van der Waals surface area (Å²) in [5.41, 5.74) is 0.0362. The van der Waals surface area contributed by atoms with Gasteiger partial charge in [0.05, 0.1) is 0 Å². The fourth-order valence-electron chi connectivity index (χ4n) is 1.99. The molecule has 0 aliphatic heterocycles. The zero-order valence-corrected chi connectivity index (χ0v) is 14.4. The van der Waals surface area contributed by atoms with Crippen molar-refractivity contribution in [3.63, 3.8) is 0 Å². The molecule has 0 bridgehead atoms. The number of nitrogens with one attached hydrogen (secondary N) is 1. The molecule has 0 aromatic carbocycles. The number of amides is 1. The van der Waals surface area contributed by atoms with Gasteiger partial charge >= 0.3 is 0 Å². The van der Waals surface area contributed by atoms with Crippen LogP contribution < -0.4 is 5.32 Å². The lowest BCUT2D eigenvalue weighted by molar-refractivity contribution is -0.128. The lowest BCUT2D eigenvalue weighted by Crippen LogP contribution is -2.35. The Balaban J connectivity index is 3.74. The molecule has 3 nitrogen and oxygen atoms in total. The summed E-state index contributed by atoms with van der Waals surface area (Å²) in [7, 11) is 0. The van der Waals surface area contributed by atoms with Crippen molar-refractivity contribution in [1.82, 2.24) is 5.32 Å². The maximum atomic E-state index is 11.7. The van der Waals surface area contributed by atoms with E-state index in [9.17, 15) is 9.90 Å². The Morgan fingerprint density at radius 2 is 1.65 bits per heavy atom. The van der Waals surface area contributed by atoms with Gasteiger partial charge in [0.2, 0.25) is 5.91 Å². The van der Waals surface area contributed by atoms with Crippen molar-refractivity contribution in [3.05, 3.63) is 0 Å². The van der Waals surface area contributed by atoms with Gasteiger partial charge in [0, 0.05) is 18.6 Å². The van der Waals surface area contributed by atoms with E-state index in [2.05, 4.69) is 26.1 Å². The molecule has 0 radical (unpaired) electrons. The molecule has 0 aliphatic rings. The average molecular weight is 285 g/mol. The van der Waals surface area contributed by atoms with Crippen molar-refractivity contribution in [2.24, 2.45) is 16.7 Å². The molecule has 0 aromatic heterocycles. The number of aliphatic hydroxyl groups excluding tert-OH is 1. The third-order valence-corrected chi connectivity index (χ3v) is 3.57. The van der Waals surface area contributed by atoms with Crippen molar-refractivity contribution < 1.29 is 9.90 Å². The fourth-order valence-corrected chi connectivity index (χ4v) is 1.99. The first-order chi connectivity index (χ1) is 9.06. The molecule has 20 heavy (non-hydrogen) atoms. The smallest absolute Gasteiger partial charge is 0.225 e. The second kappa shape index (κ2) is 8.66. The average Bonchev–Trinajstić information content (AvgIpc) is 2.29. The van der Waals surface area contributed by atoms with Crippen LogP contribution in [-0.2, 0) is 4.79 Å². The molecular formula is C17H35NO2. The molecule has 0 rings (SSSR count). The van der Waals surface area contributed by atoms with Crippen LogP contribution in [0.5, 0.6) is 0 Å². The number of hydrogen-bond acceptors (Lipinski definition) is 2. The van der Waals surface area contributed by atoms with Crippen LogP contribution >= 0.6 is 0 Å². The highest BCUT2D eigenvalue weighted by Gasteiger charge is 2.20. The number of unbranched alkanes of at least 4 members (excludes halogenated alkanes) is 1. The largest absolute Gasteiger partial charge is 0.396 e. The molecular weight excluding hydrogens is 250 g/mol. The topological polar surface area (TPSA) is 49.3 Å². The van der Waals surface area contributed by atoms with Crippen LogP contribution in [0.1, 0.15) is 73.6 Å². The van der Waals surface area contributed by atoms with Gasteiger partial charge in [-0.1, -0.05) is 48.0 Å². The predicted molar refractivity (Wildman–Crippen MR) is 85.6 cm³/mol. The molecule has 1 unspecified atom stereocenters. The first kappa shape index (κ1) is 19.4. The van der Waals surface area contributed by atoms with E-state index < -0.39 is 0 Å². The molecule has 0 aromatic rings. The van der Waals surface area contributed by atoms with Crippen molar-refractivity contribution in [2.45, 2.75) is 73.6 Å². The Morgan fingerprint density at radius 3 is 2.10 bits per heavy atom. The van der Waals surface area contributed by atoms with Crippen LogP contribution in [0.4, 0.5) is 0 Å².